The Labute approximate surface area is 71.2 Å². The summed E-state index contributed by atoms with van der Waals surface area (Å²) < 4.78 is 0. The van der Waals surface area contributed by atoms with E-state index >= 15 is 0 Å². The van der Waals surface area contributed by atoms with Gasteiger partial charge in [0, 0.05) is 18.9 Å². The fraction of sp³-hybridized carbons (Fsp3) is 0.750. The highest BCUT2D eigenvalue weighted by Crippen LogP contribution is 2.15. The summed E-state index contributed by atoms with van der Waals surface area (Å²) in [6.45, 7) is 1.19. The molecule has 4 heteroatoms. The van der Waals surface area contributed by atoms with Gasteiger partial charge in [-0.2, -0.15) is 0 Å². The predicted octanol–water partition coefficient (Wildman–Crippen LogP) is -0.0181. The average Bonchev–Trinajstić information content (AvgIpc) is 2.26. The number of ketones is 1. The molecule has 68 valence electrons. The molecular weight excluding hydrogens is 158 g/mol. The van der Waals surface area contributed by atoms with E-state index in [1.54, 1.807) is 0 Å². The Balaban J connectivity index is 2.33. The summed E-state index contributed by atoms with van der Waals surface area (Å²) in [4.78, 5) is 23.3. The standard InChI is InChI=1S/C8H13NO3/c1-9-4-6(7(10)5-9)2-3-8(11)12/h6H,2-5H2,1H3,(H,11,12). The first kappa shape index (κ1) is 9.19. The topological polar surface area (TPSA) is 57.6 Å². The van der Waals surface area contributed by atoms with E-state index in [1.165, 1.54) is 0 Å². The minimum Gasteiger partial charge on any atom is -0.481 e. The number of carboxylic acids is 1. The van der Waals surface area contributed by atoms with Crippen LogP contribution in [0.3, 0.4) is 0 Å². The second-order valence-corrected chi connectivity index (χ2v) is 3.29. The van der Waals surface area contributed by atoms with E-state index in [1.807, 2.05) is 11.9 Å². The number of carbonyl (C=O) groups is 2. The second-order valence-electron chi connectivity index (χ2n) is 3.29. The summed E-state index contributed by atoms with van der Waals surface area (Å²) in [6.07, 6.45) is 0.586. The molecule has 1 rings (SSSR count). The van der Waals surface area contributed by atoms with Crippen LogP contribution >= 0.6 is 0 Å². The Morgan fingerprint density at radius 2 is 2.42 bits per heavy atom. The Bertz CT molecular complexity index is 202. The fourth-order valence-corrected chi connectivity index (χ4v) is 1.49. The lowest BCUT2D eigenvalue weighted by Gasteiger charge is -2.06. The summed E-state index contributed by atoms with van der Waals surface area (Å²) in [5, 5.41) is 8.40. The summed E-state index contributed by atoms with van der Waals surface area (Å²) in [5.41, 5.74) is 0. The molecular formula is C8H13NO3. The van der Waals surface area contributed by atoms with Crippen LogP contribution in [-0.4, -0.2) is 41.9 Å². The number of carbonyl (C=O) groups excluding carboxylic acids is 1. The Hall–Kier alpha value is -0.900. The quantitative estimate of drug-likeness (QED) is 0.648. The third-order valence-corrected chi connectivity index (χ3v) is 2.12. The lowest BCUT2D eigenvalue weighted by Crippen LogP contribution is -2.14. The van der Waals surface area contributed by atoms with Crippen LogP contribution < -0.4 is 0 Å². The Morgan fingerprint density at radius 1 is 1.75 bits per heavy atom. The molecule has 1 atom stereocenters. The number of hydrogen-bond donors (Lipinski definition) is 1. The molecule has 1 unspecified atom stereocenters. The second kappa shape index (κ2) is 3.67. The van der Waals surface area contributed by atoms with Gasteiger partial charge in [0.05, 0.1) is 6.54 Å². The predicted molar refractivity (Wildman–Crippen MR) is 42.9 cm³/mol. The van der Waals surface area contributed by atoms with Gasteiger partial charge in [0.1, 0.15) is 0 Å². The van der Waals surface area contributed by atoms with Crippen molar-refractivity contribution in [3.05, 3.63) is 0 Å². The van der Waals surface area contributed by atoms with Crippen molar-refractivity contribution in [2.24, 2.45) is 5.92 Å². The molecule has 1 aliphatic rings. The number of likely N-dealkylation sites (N-methyl/N-ethyl adjacent to an activating group) is 1. The lowest BCUT2D eigenvalue weighted by molar-refractivity contribution is -0.137. The molecule has 12 heavy (non-hydrogen) atoms. The Kier molecular flexibility index (Phi) is 2.81. The van der Waals surface area contributed by atoms with Gasteiger partial charge in [0.25, 0.3) is 0 Å². The van der Waals surface area contributed by atoms with Gasteiger partial charge in [-0.15, -0.1) is 0 Å². The van der Waals surface area contributed by atoms with E-state index in [4.69, 9.17) is 5.11 Å². The normalized spacial score (nSPS) is 24.8. The molecule has 4 nitrogen and oxygen atoms in total. The van der Waals surface area contributed by atoms with Crippen molar-refractivity contribution in [1.29, 1.82) is 0 Å². The van der Waals surface area contributed by atoms with Crippen molar-refractivity contribution in [2.75, 3.05) is 20.1 Å². The highest BCUT2D eigenvalue weighted by Gasteiger charge is 2.28. The van der Waals surface area contributed by atoms with Gasteiger partial charge in [-0.1, -0.05) is 0 Å². The molecule has 0 spiro atoms. The molecule has 0 radical (unpaired) electrons. The first-order valence-corrected chi connectivity index (χ1v) is 4.02. The zero-order valence-electron chi connectivity index (χ0n) is 7.12. The maximum absolute atomic E-state index is 11.2. The number of aliphatic carboxylic acids is 1. The third kappa shape index (κ3) is 2.30. The van der Waals surface area contributed by atoms with Gasteiger partial charge in [0.2, 0.25) is 0 Å². The van der Waals surface area contributed by atoms with Gasteiger partial charge in [-0.25, -0.2) is 0 Å². The van der Waals surface area contributed by atoms with Crippen molar-refractivity contribution >= 4 is 11.8 Å². The van der Waals surface area contributed by atoms with Crippen LogP contribution in [0.4, 0.5) is 0 Å². The van der Waals surface area contributed by atoms with Crippen molar-refractivity contribution in [3.63, 3.8) is 0 Å². The van der Waals surface area contributed by atoms with Crippen LogP contribution in [0.2, 0.25) is 0 Å². The number of nitrogens with zero attached hydrogens (tertiary/aromatic N) is 1. The van der Waals surface area contributed by atoms with Gasteiger partial charge >= 0.3 is 5.97 Å². The van der Waals surface area contributed by atoms with E-state index in [-0.39, 0.29) is 18.1 Å². The highest BCUT2D eigenvalue weighted by molar-refractivity contribution is 5.85. The molecule has 1 fully saturated rings. The Morgan fingerprint density at radius 3 is 2.83 bits per heavy atom. The van der Waals surface area contributed by atoms with Crippen LogP contribution in [0.25, 0.3) is 0 Å². The van der Waals surface area contributed by atoms with E-state index in [0.29, 0.717) is 19.5 Å². The van der Waals surface area contributed by atoms with Gasteiger partial charge < -0.3 is 5.11 Å². The zero-order chi connectivity index (χ0) is 9.14. The molecule has 0 aromatic carbocycles. The summed E-state index contributed by atoms with van der Waals surface area (Å²) in [7, 11) is 1.87. The first-order chi connectivity index (χ1) is 5.59. The van der Waals surface area contributed by atoms with Crippen molar-refractivity contribution < 1.29 is 14.7 Å². The average molecular weight is 171 g/mol. The summed E-state index contributed by atoms with van der Waals surface area (Å²) in [5.74, 6) is -0.692. The molecule has 1 saturated heterocycles. The van der Waals surface area contributed by atoms with E-state index < -0.39 is 5.97 Å². The maximum Gasteiger partial charge on any atom is 0.303 e. The van der Waals surface area contributed by atoms with E-state index in [2.05, 4.69) is 0 Å². The highest BCUT2D eigenvalue weighted by atomic mass is 16.4. The minimum absolute atomic E-state index is 0.0499. The summed E-state index contributed by atoms with van der Waals surface area (Å²) in [6, 6.07) is 0. The number of hydrogen-bond acceptors (Lipinski definition) is 3. The molecule has 0 saturated carbocycles. The molecule has 0 aromatic rings. The van der Waals surface area contributed by atoms with Crippen molar-refractivity contribution in [3.8, 4) is 0 Å². The van der Waals surface area contributed by atoms with Gasteiger partial charge in [0.15, 0.2) is 5.78 Å². The maximum atomic E-state index is 11.2. The molecule has 1 N–H and O–H groups in total. The largest absolute Gasteiger partial charge is 0.481 e. The molecule has 1 aliphatic heterocycles. The van der Waals surface area contributed by atoms with Crippen LogP contribution in [0.15, 0.2) is 0 Å². The van der Waals surface area contributed by atoms with Crippen LogP contribution in [0.5, 0.6) is 0 Å². The smallest absolute Gasteiger partial charge is 0.303 e. The zero-order valence-corrected chi connectivity index (χ0v) is 7.12. The monoisotopic (exact) mass is 171 g/mol. The fourth-order valence-electron chi connectivity index (χ4n) is 1.49. The van der Waals surface area contributed by atoms with Crippen LogP contribution in [-0.2, 0) is 9.59 Å². The van der Waals surface area contributed by atoms with Gasteiger partial charge in [-0.05, 0) is 13.5 Å². The van der Waals surface area contributed by atoms with Crippen molar-refractivity contribution in [2.45, 2.75) is 12.8 Å². The minimum atomic E-state index is -0.822. The number of Topliss-reactive ketones (excluding diaryl/α,β-unsaturated/α-hetero) is 1. The lowest BCUT2D eigenvalue weighted by atomic mass is 10.0. The molecule has 0 bridgehead atoms. The number of rotatable bonds is 3. The van der Waals surface area contributed by atoms with Crippen LogP contribution in [0.1, 0.15) is 12.8 Å². The number of likely N-dealkylation sites (tertiary alicyclic amines) is 1. The van der Waals surface area contributed by atoms with E-state index in [9.17, 15) is 9.59 Å². The van der Waals surface area contributed by atoms with Gasteiger partial charge in [-0.3, -0.25) is 14.5 Å². The van der Waals surface area contributed by atoms with Crippen LogP contribution in [0, 0.1) is 5.92 Å². The third-order valence-electron chi connectivity index (χ3n) is 2.12. The first-order valence-electron chi connectivity index (χ1n) is 4.02. The molecule has 0 aromatic heterocycles. The van der Waals surface area contributed by atoms with Crippen molar-refractivity contribution in [1.82, 2.24) is 4.90 Å². The SMILES string of the molecule is CN1CC(=O)C(CCC(=O)O)C1. The molecule has 0 amide bonds. The summed E-state index contributed by atoms with van der Waals surface area (Å²) >= 11 is 0. The molecule has 0 aliphatic carbocycles. The number of carboxylic acid groups (broad SMARTS) is 1. The van der Waals surface area contributed by atoms with E-state index in [0.717, 1.165) is 0 Å². The molecule has 1 heterocycles.